The topological polar surface area (TPSA) is 62.3 Å². The Morgan fingerprint density at radius 3 is 2.89 bits per heavy atom. The summed E-state index contributed by atoms with van der Waals surface area (Å²) in [5, 5.41) is 9.22. The van der Waals surface area contributed by atoms with Crippen molar-refractivity contribution in [1.29, 1.82) is 5.26 Å². The van der Waals surface area contributed by atoms with Crippen LogP contribution in [0.4, 0.5) is 5.69 Å². The molecule has 1 saturated heterocycles. The Bertz CT molecular complexity index is 652. The van der Waals surface area contributed by atoms with Gasteiger partial charge in [0, 0.05) is 32.3 Å². The van der Waals surface area contributed by atoms with Gasteiger partial charge >= 0.3 is 0 Å². The lowest BCUT2D eigenvalue weighted by Crippen LogP contribution is -2.49. The summed E-state index contributed by atoms with van der Waals surface area (Å²) in [6.45, 7) is 3.51. The third-order valence-corrected chi connectivity index (χ3v) is 3.45. The lowest BCUT2D eigenvalue weighted by molar-refractivity contribution is -0.0716. The molecule has 1 aliphatic heterocycles. The molecule has 0 radical (unpaired) electrons. The summed E-state index contributed by atoms with van der Waals surface area (Å²) < 4.78 is 10.7. The molecule has 0 saturated carbocycles. The maximum Gasteiger partial charge on any atom is 0.192 e. The van der Waals surface area contributed by atoms with Crippen molar-refractivity contribution in [3.05, 3.63) is 24.1 Å². The summed E-state index contributed by atoms with van der Waals surface area (Å²) in [6, 6.07) is 8.25. The Balaban J connectivity index is 1.85. The lowest BCUT2D eigenvalue weighted by Gasteiger charge is -2.38. The highest BCUT2D eigenvalue weighted by Gasteiger charge is 2.40. The molecule has 0 spiro atoms. The number of hydrogen-bond acceptors (Lipinski definition) is 5. The smallest absolute Gasteiger partial charge is 0.192 e. The lowest BCUT2D eigenvalue weighted by atomic mass is 9.87. The van der Waals surface area contributed by atoms with Crippen molar-refractivity contribution in [3.8, 4) is 6.07 Å². The van der Waals surface area contributed by atoms with Crippen LogP contribution in [0.5, 0.6) is 0 Å². The van der Waals surface area contributed by atoms with E-state index in [9.17, 15) is 5.26 Å². The third kappa shape index (κ3) is 2.04. The van der Waals surface area contributed by atoms with Crippen LogP contribution < -0.4 is 4.90 Å². The van der Waals surface area contributed by atoms with Gasteiger partial charge in [0.05, 0.1) is 19.3 Å². The number of aryl methyl sites for hydroxylation is 1. The second-order valence-corrected chi connectivity index (χ2v) is 5.13. The summed E-state index contributed by atoms with van der Waals surface area (Å²) in [5.74, 6) is 0.663. The summed E-state index contributed by atoms with van der Waals surface area (Å²) in [6.07, 6.45) is 0. The van der Waals surface area contributed by atoms with Crippen LogP contribution in [-0.2, 0) is 4.74 Å². The molecule has 5 heteroatoms. The van der Waals surface area contributed by atoms with E-state index in [1.165, 1.54) is 0 Å². The minimum absolute atomic E-state index is 0.374. The van der Waals surface area contributed by atoms with Gasteiger partial charge < -0.3 is 14.1 Å². The number of oxazole rings is 1. The van der Waals surface area contributed by atoms with E-state index in [2.05, 4.69) is 16.0 Å². The largest absolute Gasteiger partial charge is 0.441 e. The SMILES string of the molecule is Cc1nc2ccc(N(C)CC3(C#N)COC3)cc2o1. The van der Waals surface area contributed by atoms with Gasteiger partial charge in [-0.1, -0.05) is 0 Å². The van der Waals surface area contributed by atoms with Gasteiger partial charge in [-0.15, -0.1) is 0 Å². The second-order valence-electron chi connectivity index (χ2n) is 5.13. The first-order valence-electron chi connectivity index (χ1n) is 6.19. The number of benzene rings is 1. The van der Waals surface area contributed by atoms with Crippen LogP contribution in [0.1, 0.15) is 5.89 Å². The molecule has 3 rings (SSSR count). The molecule has 0 unspecified atom stereocenters. The van der Waals surface area contributed by atoms with Crippen molar-refractivity contribution in [2.45, 2.75) is 6.92 Å². The monoisotopic (exact) mass is 257 g/mol. The maximum atomic E-state index is 9.22. The van der Waals surface area contributed by atoms with E-state index < -0.39 is 0 Å². The number of rotatable bonds is 3. The Morgan fingerprint density at radius 1 is 1.47 bits per heavy atom. The van der Waals surface area contributed by atoms with Gasteiger partial charge in [0.1, 0.15) is 10.9 Å². The summed E-state index contributed by atoms with van der Waals surface area (Å²) in [5.41, 5.74) is 2.28. The van der Waals surface area contributed by atoms with Crippen LogP contribution in [0.25, 0.3) is 11.1 Å². The molecule has 1 aliphatic rings. The van der Waals surface area contributed by atoms with Crippen LogP contribution >= 0.6 is 0 Å². The Morgan fingerprint density at radius 2 is 2.26 bits per heavy atom. The zero-order chi connectivity index (χ0) is 13.5. The molecule has 0 N–H and O–H groups in total. The molecule has 0 aliphatic carbocycles. The average molecular weight is 257 g/mol. The van der Waals surface area contributed by atoms with E-state index in [4.69, 9.17) is 9.15 Å². The normalized spacial score (nSPS) is 16.9. The van der Waals surface area contributed by atoms with Crippen molar-refractivity contribution in [2.24, 2.45) is 5.41 Å². The van der Waals surface area contributed by atoms with Gasteiger partial charge in [0.15, 0.2) is 11.5 Å². The molecule has 5 nitrogen and oxygen atoms in total. The zero-order valence-electron chi connectivity index (χ0n) is 11.0. The molecule has 2 heterocycles. The van der Waals surface area contributed by atoms with Gasteiger partial charge in [0.2, 0.25) is 0 Å². The zero-order valence-corrected chi connectivity index (χ0v) is 11.0. The minimum atomic E-state index is -0.374. The fourth-order valence-corrected chi connectivity index (χ4v) is 2.35. The molecule has 98 valence electrons. The number of fused-ring (bicyclic) bond motifs is 1. The van der Waals surface area contributed by atoms with Gasteiger partial charge in [-0.3, -0.25) is 0 Å². The van der Waals surface area contributed by atoms with E-state index in [-0.39, 0.29) is 5.41 Å². The van der Waals surface area contributed by atoms with Gasteiger partial charge in [0.25, 0.3) is 0 Å². The number of anilines is 1. The van der Waals surface area contributed by atoms with E-state index in [1.807, 2.05) is 32.2 Å². The first kappa shape index (κ1) is 12.0. The van der Waals surface area contributed by atoms with Crippen LogP contribution in [0.3, 0.4) is 0 Å². The molecular formula is C14H15N3O2. The molecule has 0 bridgehead atoms. The number of nitrogens with zero attached hydrogens (tertiary/aromatic N) is 3. The first-order chi connectivity index (χ1) is 9.12. The van der Waals surface area contributed by atoms with Crippen molar-refractivity contribution >= 4 is 16.8 Å². The summed E-state index contributed by atoms with van der Waals surface area (Å²) >= 11 is 0. The van der Waals surface area contributed by atoms with Crippen molar-refractivity contribution in [2.75, 3.05) is 31.7 Å². The number of hydrogen-bond donors (Lipinski definition) is 0. The maximum absolute atomic E-state index is 9.22. The van der Waals surface area contributed by atoms with E-state index in [0.29, 0.717) is 25.6 Å². The van der Waals surface area contributed by atoms with E-state index in [0.717, 1.165) is 16.8 Å². The Labute approximate surface area is 111 Å². The molecule has 2 aromatic rings. The third-order valence-electron chi connectivity index (χ3n) is 3.45. The number of ether oxygens (including phenoxy) is 1. The fraction of sp³-hybridized carbons (Fsp3) is 0.429. The second kappa shape index (κ2) is 4.25. The average Bonchev–Trinajstić information content (AvgIpc) is 2.72. The molecule has 1 aromatic heterocycles. The predicted molar refractivity (Wildman–Crippen MR) is 70.9 cm³/mol. The van der Waals surface area contributed by atoms with Crippen LogP contribution in [0.2, 0.25) is 0 Å². The van der Waals surface area contributed by atoms with Crippen molar-refractivity contribution < 1.29 is 9.15 Å². The van der Waals surface area contributed by atoms with Crippen LogP contribution in [0, 0.1) is 23.7 Å². The predicted octanol–water partition coefficient (Wildman–Crippen LogP) is 2.11. The van der Waals surface area contributed by atoms with Gasteiger partial charge in [-0.2, -0.15) is 5.26 Å². The number of nitriles is 1. The van der Waals surface area contributed by atoms with Crippen molar-refractivity contribution in [3.63, 3.8) is 0 Å². The summed E-state index contributed by atoms with van der Waals surface area (Å²) in [4.78, 5) is 6.33. The fourth-order valence-electron chi connectivity index (χ4n) is 2.35. The first-order valence-corrected chi connectivity index (χ1v) is 6.19. The minimum Gasteiger partial charge on any atom is -0.441 e. The highest BCUT2D eigenvalue weighted by atomic mass is 16.5. The molecule has 19 heavy (non-hydrogen) atoms. The molecule has 1 aromatic carbocycles. The van der Waals surface area contributed by atoms with Gasteiger partial charge in [-0.25, -0.2) is 4.98 Å². The molecule has 1 fully saturated rings. The van der Waals surface area contributed by atoms with E-state index in [1.54, 1.807) is 0 Å². The molecule has 0 atom stereocenters. The molecular weight excluding hydrogens is 242 g/mol. The quantitative estimate of drug-likeness (QED) is 0.842. The van der Waals surface area contributed by atoms with E-state index >= 15 is 0 Å². The highest BCUT2D eigenvalue weighted by Crippen LogP contribution is 2.30. The van der Waals surface area contributed by atoms with Crippen LogP contribution in [0.15, 0.2) is 22.6 Å². The number of aromatic nitrogens is 1. The molecule has 0 amide bonds. The standard InChI is InChI=1S/C14H15N3O2/c1-10-16-12-4-3-11(5-13(12)19-10)17(2)7-14(6-15)8-18-9-14/h3-5H,7-9H2,1-2H3. The van der Waals surface area contributed by atoms with Crippen LogP contribution in [-0.4, -0.2) is 31.8 Å². The highest BCUT2D eigenvalue weighted by molar-refractivity contribution is 5.77. The van der Waals surface area contributed by atoms with Gasteiger partial charge in [-0.05, 0) is 12.1 Å². The Hall–Kier alpha value is -2.06. The summed E-state index contributed by atoms with van der Waals surface area (Å²) in [7, 11) is 1.97. The van der Waals surface area contributed by atoms with Crippen molar-refractivity contribution in [1.82, 2.24) is 4.98 Å². The Kier molecular flexibility index (Phi) is 2.68.